The molecule has 6 rings (SSSR count). The number of nitrogens with zero attached hydrogens (tertiary/aromatic N) is 4. The summed E-state index contributed by atoms with van der Waals surface area (Å²) in [7, 11) is 0. The van der Waals surface area contributed by atoms with E-state index < -0.39 is 5.91 Å². The van der Waals surface area contributed by atoms with Crippen molar-refractivity contribution < 1.29 is 23.9 Å². The van der Waals surface area contributed by atoms with Gasteiger partial charge in [0.15, 0.2) is 0 Å². The van der Waals surface area contributed by atoms with E-state index in [1.807, 2.05) is 12.1 Å². The predicted molar refractivity (Wildman–Crippen MR) is 148 cm³/mol. The molecule has 2 aromatic carbocycles. The summed E-state index contributed by atoms with van der Waals surface area (Å²) in [4.78, 5) is 24.2. The molecule has 0 aliphatic carbocycles. The molecule has 0 radical (unpaired) electrons. The number of anilines is 2. The molecule has 1 saturated heterocycles. The predicted octanol–water partition coefficient (Wildman–Crippen LogP) is 4.41. The molecule has 1 amide bonds. The Morgan fingerprint density at radius 1 is 1.00 bits per heavy atom. The zero-order valence-corrected chi connectivity index (χ0v) is 21.4. The van der Waals surface area contributed by atoms with Crippen LogP contribution >= 0.6 is 0 Å². The number of piperazine rings is 1. The van der Waals surface area contributed by atoms with Crippen LogP contribution in [0.4, 0.5) is 15.9 Å². The largest absolute Gasteiger partial charge is 0.457 e. The molecule has 1 fully saturated rings. The van der Waals surface area contributed by atoms with Crippen LogP contribution in [0.25, 0.3) is 22.2 Å². The van der Waals surface area contributed by atoms with Gasteiger partial charge in [-0.25, -0.2) is 9.37 Å². The molecule has 0 atom stereocenters. The molecule has 9 nitrogen and oxygen atoms in total. The van der Waals surface area contributed by atoms with E-state index in [1.54, 1.807) is 48.8 Å². The van der Waals surface area contributed by atoms with Crippen LogP contribution in [0.1, 0.15) is 10.5 Å². The van der Waals surface area contributed by atoms with Gasteiger partial charge in [0.25, 0.3) is 5.69 Å². The van der Waals surface area contributed by atoms with E-state index in [-0.39, 0.29) is 11.5 Å². The second-order valence-electron chi connectivity index (χ2n) is 9.30. The van der Waals surface area contributed by atoms with Crippen molar-refractivity contribution in [3.05, 3.63) is 103 Å². The SMILES string of the molecule is O=C(Nc1ccc(Oc2ccnc3cnc(N4CCNCC4)cc23)cc1)c1cccc(-c2ccc(F)cc2)[n+]1O. The van der Waals surface area contributed by atoms with E-state index in [9.17, 15) is 14.4 Å². The second kappa shape index (κ2) is 11.0. The maximum Gasteiger partial charge on any atom is 0.325 e. The number of pyridine rings is 3. The van der Waals surface area contributed by atoms with Gasteiger partial charge in [-0.1, -0.05) is 0 Å². The lowest BCUT2D eigenvalue weighted by molar-refractivity contribution is -0.897. The Bertz CT molecular complexity index is 1670. The highest BCUT2D eigenvalue weighted by Crippen LogP contribution is 2.31. The van der Waals surface area contributed by atoms with E-state index in [0.29, 0.717) is 28.4 Å². The van der Waals surface area contributed by atoms with Crippen molar-refractivity contribution in [2.45, 2.75) is 0 Å². The van der Waals surface area contributed by atoms with Gasteiger partial charge in [-0.2, -0.15) is 0 Å². The Morgan fingerprint density at radius 2 is 1.77 bits per heavy atom. The number of carbonyl (C=O) groups is 1. The first-order valence-corrected chi connectivity index (χ1v) is 12.9. The summed E-state index contributed by atoms with van der Waals surface area (Å²) in [6.45, 7) is 3.60. The molecule has 1 aliphatic heterocycles. The van der Waals surface area contributed by atoms with Crippen LogP contribution in [-0.4, -0.2) is 47.3 Å². The fourth-order valence-corrected chi connectivity index (χ4v) is 4.61. The van der Waals surface area contributed by atoms with Crippen LogP contribution in [0.5, 0.6) is 11.5 Å². The van der Waals surface area contributed by atoms with Crippen LogP contribution in [-0.2, 0) is 0 Å². The number of amides is 1. The molecular formula is C30H26FN6O3+. The minimum Gasteiger partial charge on any atom is -0.457 e. The highest BCUT2D eigenvalue weighted by molar-refractivity contribution is 6.02. The number of carbonyl (C=O) groups excluding carboxylic acids is 1. The molecule has 3 N–H and O–H groups in total. The highest BCUT2D eigenvalue weighted by Gasteiger charge is 2.24. The van der Waals surface area contributed by atoms with Gasteiger partial charge in [0.1, 0.15) is 23.1 Å². The van der Waals surface area contributed by atoms with Crippen LogP contribution in [0.2, 0.25) is 0 Å². The maximum absolute atomic E-state index is 13.3. The van der Waals surface area contributed by atoms with Gasteiger partial charge < -0.3 is 20.3 Å². The van der Waals surface area contributed by atoms with Gasteiger partial charge in [-0.15, -0.1) is 0 Å². The quantitative estimate of drug-likeness (QED) is 0.218. The Balaban J connectivity index is 1.18. The molecule has 40 heavy (non-hydrogen) atoms. The smallest absolute Gasteiger partial charge is 0.325 e. The first kappa shape index (κ1) is 25.2. The van der Waals surface area contributed by atoms with Crippen molar-refractivity contribution in [1.29, 1.82) is 0 Å². The fourth-order valence-electron chi connectivity index (χ4n) is 4.61. The summed E-state index contributed by atoms with van der Waals surface area (Å²) >= 11 is 0. The number of halogens is 1. The third-order valence-electron chi connectivity index (χ3n) is 6.69. The van der Waals surface area contributed by atoms with E-state index in [1.165, 1.54) is 30.3 Å². The van der Waals surface area contributed by atoms with Crippen molar-refractivity contribution in [3.63, 3.8) is 0 Å². The summed E-state index contributed by atoms with van der Waals surface area (Å²) in [5, 5.41) is 17.7. The Morgan fingerprint density at radius 3 is 2.55 bits per heavy atom. The van der Waals surface area contributed by atoms with Crippen LogP contribution in [0, 0.1) is 5.82 Å². The minimum absolute atomic E-state index is 0.0271. The topological polar surface area (TPSA) is 103 Å². The third-order valence-corrected chi connectivity index (χ3v) is 6.69. The molecule has 10 heteroatoms. The van der Waals surface area contributed by atoms with Crippen molar-refractivity contribution in [2.75, 3.05) is 36.4 Å². The minimum atomic E-state index is -0.506. The van der Waals surface area contributed by atoms with Gasteiger partial charge in [-0.3, -0.25) is 15.0 Å². The number of fused-ring (bicyclic) bond motifs is 1. The average molecular weight is 538 g/mol. The zero-order chi connectivity index (χ0) is 27.5. The molecular weight excluding hydrogens is 511 g/mol. The first-order valence-electron chi connectivity index (χ1n) is 12.9. The van der Waals surface area contributed by atoms with Gasteiger partial charge in [-0.05, 0) is 66.7 Å². The highest BCUT2D eigenvalue weighted by atomic mass is 19.1. The van der Waals surface area contributed by atoms with E-state index in [4.69, 9.17) is 4.74 Å². The van der Waals surface area contributed by atoms with Gasteiger partial charge in [0.2, 0.25) is 0 Å². The van der Waals surface area contributed by atoms with E-state index in [0.717, 1.165) is 47.6 Å². The molecule has 1 aliphatic rings. The molecule has 0 saturated carbocycles. The summed E-state index contributed by atoms with van der Waals surface area (Å²) in [6, 6.07) is 21.2. The number of rotatable bonds is 6. The molecule has 3 aromatic heterocycles. The number of ether oxygens (including phenoxy) is 1. The monoisotopic (exact) mass is 537 g/mol. The number of hydrogen-bond acceptors (Lipinski definition) is 7. The first-order chi connectivity index (χ1) is 19.5. The lowest BCUT2D eigenvalue weighted by Crippen LogP contribution is -2.43. The molecule has 0 spiro atoms. The molecule has 0 bridgehead atoms. The van der Waals surface area contributed by atoms with Gasteiger partial charge >= 0.3 is 11.6 Å². The van der Waals surface area contributed by atoms with Crippen LogP contribution in [0.15, 0.2) is 91.3 Å². The summed E-state index contributed by atoms with van der Waals surface area (Å²) in [5.41, 5.74) is 2.21. The van der Waals surface area contributed by atoms with Crippen LogP contribution < -0.4 is 25.0 Å². The van der Waals surface area contributed by atoms with Gasteiger partial charge in [0.05, 0.1) is 17.3 Å². The van der Waals surface area contributed by atoms with Crippen molar-refractivity contribution in [3.8, 4) is 22.8 Å². The zero-order valence-electron chi connectivity index (χ0n) is 21.4. The number of aromatic nitrogens is 3. The average Bonchev–Trinajstić information content (AvgIpc) is 2.99. The number of hydrogen-bond donors (Lipinski definition) is 3. The fraction of sp³-hybridized carbons (Fsp3) is 0.133. The van der Waals surface area contributed by atoms with Crippen molar-refractivity contribution in [2.24, 2.45) is 0 Å². The van der Waals surface area contributed by atoms with E-state index in [2.05, 4.69) is 25.5 Å². The number of benzene rings is 2. The van der Waals surface area contributed by atoms with Crippen molar-refractivity contribution >= 4 is 28.3 Å². The molecule has 4 heterocycles. The second-order valence-corrected chi connectivity index (χ2v) is 9.30. The standard InChI is InChI=1S/C30H25FN6O3/c31-21-6-4-20(5-7-21)26-2-1-3-27(37(26)39)30(38)35-22-8-10-23(11-9-22)40-28-12-13-33-25-19-34-29(18-24(25)28)36-16-14-32-15-17-36/h1-13,18-19,32H,14-17H2,(H-,35,38,39)/p+1. The normalized spacial score (nSPS) is 13.3. The van der Waals surface area contributed by atoms with Crippen LogP contribution in [0.3, 0.4) is 0 Å². The number of nitrogens with one attached hydrogen (secondary N) is 2. The maximum atomic E-state index is 13.3. The Kier molecular flexibility index (Phi) is 6.90. The van der Waals surface area contributed by atoms with Crippen molar-refractivity contribution in [1.82, 2.24) is 15.3 Å². The summed E-state index contributed by atoms with van der Waals surface area (Å²) in [5.74, 6) is 1.23. The lowest BCUT2D eigenvalue weighted by atomic mass is 10.1. The molecule has 5 aromatic rings. The Labute approximate surface area is 229 Å². The third kappa shape index (κ3) is 5.25. The summed E-state index contributed by atoms with van der Waals surface area (Å²) in [6.07, 6.45) is 3.44. The summed E-state index contributed by atoms with van der Waals surface area (Å²) < 4.78 is 20.3. The molecule has 200 valence electrons. The van der Waals surface area contributed by atoms with Gasteiger partial charge in [0, 0.05) is 60.3 Å². The Hall–Kier alpha value is -5.09. The lowest BCUT2D eigenvalue weighted by Gasteiger charge is -2.28. The molecule has 0 unspecified atom stereocenters. The van der Waals surface area contributed by atoms with E-state index >= 15 is 0 Å².